The highest BCUT2D eigenvalue weighted by atomic mass is 19.1. The van der Waals surface area contributed by atoms with Gasteiger partial charge in [-0.2, -0.15) is 10.2 Å². The second-order valence-corrected chi connectivity index (χ2v) is 9.76. The number of carbonyl (C=O) groups is 2. The van der Waals surface area contributed by atoms with Crippen LogP contribution in [0.3, 0.4) is 0 Å². The first-order chi connectivity index (χ1) is 15.7. The second kappa shape index (κ2) is 7.43. The van der Waals surface area contributed by atoms with Gasteiger partial charge in [-0.3, -0.25) is 9.59 Å². The van der Waals surface area contributed by atoms with Gasteiger partial charge in [-0.15, -0.1) is 0 Å². The number of nitrogens with zero attached hydrogens (tertiary/aromatic N) is 3. The fraction of sp³-hybridized carbons (Fsp3) is 0.440. The molecule has 1 aliphatic heterocycles. The lowest BCUT2D eigenvalue weighted by molar-refractivity contribution is -0.129. The molecule has 2 bridgehead atoms. The lowest BCUT2D eigenvalue weighted by atomic mass is 9.68. The Morgan fingerprint density at radius 2 is 1.97 bits per heavy atom. The largest absolute Gasteiger partial charge is 0.338 e. The SMILES string of the molecule is CCN(C[C@@]12CC[C@@H](c3cc(-c4c(F)cccc4F)nnc31)C2(C)C)C(=O)C1=CNC(=O)C1. The molecule has 5 rings (SSSR count). The van der Waals surface area contributed by atoms with E-state index in [1.165, 1.54) is 24.4 Å². The number of aromatic nitrogens is 2. The molecule has 1 aromatic carbocycles. The lowest BCUT2D eigenvalue weighted by Crippen LogP contribution is -2.48. The maximum absolute atomic E-state index is 14.4. The zero-order valence-corrected chi connectivity index (χ0v) is 18.9. The summed E-state index contributed by atoms with van der Waals surface area (Å²) in [4.78, 5) is 26.5. The predicted octanol–water partition coefficient (Wildman–Crippen LogP) is 3.83. The number of halogens is 2. The molecule has 8 heteroatoms. The van der Waals surface area contributed by atoms with Crippen LogP contribution in [0.15, 0.2) is 36.0 Å². The van der Waals surface area contributed by atoms with Crippen molar-refractivity contribution in [2.24, 2.45) is 5.41 Å². The van der Waals surface area contributed by atoms with Gasteiger partial charge in [-0.1, -0.05) is 19.9 Å². The second-order valence-electron chi connectivity index (χ2n) is 9.76. The molecule has 0 saturated heterocycles. The summed E-state index contributed by atoms with van der Waals surface area (Å²) in [5.74, 6) is -1.52. The van der Waals surface area contributed by atoms with Crippen LogP contribution >= 0.6 is 0 Å². The fourth-order valence-corrected chi connectivity index (χ4v) is 6.08. The van der Waals surface area contributed by atoms with Crippen molar-refractivity contribution in [2.45, 2.75) is 51.4 Å². The van der Waals surface area contributed by atoms with Gasteiger partial charge in [-0.25, -0.2) is 8.78 Å². The third kappa shape index (κ3) is 3.03. The predicted molar refractivity (Wildman–Crippen MR) is 118 cm³/mol. The van der Waals surface area contributed by atoms with E-state index in [0.717, 1.165) is 24.1 Å². The molecular weight excluding hydrogens is 426 g/mol. The van der Waals surface area contributed by atoms with E-state index in [2.05, 4.69) is 29.4 Å². The number of carbonyl (C=O) groups excluding carboxylic acids is 2. The molecule has 172 valence electrons. The zero-order valence-electron chi connectivity index (χ0n) is 18.9. The molecule has 0 radical (unpaired) electrons. The van der Waals surface area contributed by atoms with Crippen molar-refractivity contribution in [1.82, 2.24) is 20.4 Å². The van der Waals surface area contributed by atoms with Crippen LogP contribution in [-0.4, -0.2) is 40.0 Å². The molecular formula is C25H26F2N4O2. The average Bonchev–Trinajstić information content (AvgIpc) is 3.37. The van der Waals surface area contributed by atoms with Crippen molar-refractivity contribution in [2.75, 3.05) is 13.1 Å². The number of likely N-dealkylation sites (N-methyl/N-ethyl adjacent to an activating group) is 1. The highest BCUT2D eigenvalue weighted by Crippen LogP contribution is 2.67. The van der Waals surface area contributed by atoms with Crippen LogP contribution in [0.1, 0.15) is 57.2 Å². The van der Waals surface area contributed by atoms with E-state index in [4.69, 9.17) is 0 Å². The molecule has 0 spiro atoms. The number of amides is 2. The van der Waals surface area contributed by atoms with E-state index >= 15 is 0 Å². The van der Waals surface area contributed by atoms with Crippen LogP contribution in [0.4, 0.5) is 8.78 Å². The number of rotatable bonds is 5. The topological polar surface area (TPSA) is 75.2 Å². The minimum absolute atomic E-state index is 0.0856. The Morgan fingerprint density at radius 3 is 2.61 bits per heavy atom. The molecule has 0 unspecified atom stereocenters. The van der Waals surface area contributed by atoms with Crippen LogP contribution in [0.25, 0.3) is 11.3 Å². The number of hydrogen-bond acceptors (Lipinski definition) is 4. The van der Waals surface area contributed by atoms with Crippen LogP contribution in [0.2, 0.25) is 0 Å². The Kier molecular flexibility index (Phi) is 4.88. The van der Waals surface area contributed by atoms with Crippen molar-refractivity contribution >= 4 is 11.8 Å². The highest BCUT2D eigenvalue weighted by molar-refractivity contribution is 6.01. The summed E-state index contributed by atoms with van der Waals surface area (Å²) >= 11 is 0. The molecule has 2 aromatic rings. The van der Waals surface area contributed by atoms with Crippen molar-refractivity contribution in [3.05, 3.63) is 58.9 Å². The van der Waals surface area contributed by atoms with Crippen LogP contribution in [0.5, 0.6) is 0 Å². The van der Waals surface area contributed by atoms with Gasteiger partial charge >= 0.3 is 0 Å². The van der Waals surface area contributed by atoms with Gasteiger partial charge in [0, 0.05) is 30.3 Å². The van der Waals surface area contributed by atoms with Crippen molar-refractivity contribution in [1.29, 1.82) is 0 Å². The molecule has 1 aromatic heterocycles. The first kappa shape index (κ1) is 21.7. The zero-order chi connectivity index (χ0) is 23.5. The van der Waals surface area contributed by atoms with Gasteiger partial charge in [0.15, 0.2) is 0 Å². The van der Waals surface area contributed by atoms with Crippen molar-refractivity contribution in [3.8, 4) is 11.3 Å². The Balaban J connectivity index is 1.54. The first-order valence-corrected chi connectivity index (χ1v) is 11.3. The summed E-state index contributed by atoms with van der Waals surface area (Å²) in [7, 11) is 0. The van der Waals surface area contributed by atoms with Crippen molar-refractivity contribution in [3.63, 3.8) is 0 Å². The van der Waals surface area contributed by atoms with E-state index in [-0.39, 0.29) is 40.8 Å². The summed E-state index contributed by atoms with van der Waals surface area (Å²) in [6, 6.07) is 5.53. The highest BCUT2D eigenvalue weighted by Gasteiger charge is 2.64. The summed E-state index contributed by atoms with van der Waals surface area (Å²) in [5, 5.41) is 11.3. The number of benzene rings is 1. The quantitative estimate of drug-likeness (QED) is 0.748. The molecule has 2 heterocycles. The summed E-state index contributed by atoms with van der Waals surface area (Å²) in [6.07, 6.45) is 3.33. The molecule has 3 aliphatic rings. The molecule has 1 fully saturated rings. The lowest BCUT2D eigenvalue weighted by Gasteiger charge is -2.41. The molecule has 6 nitrogen and oxygen atoms in total. The van der Waals surface area contributed by atoms with Gasteiger partial charge < -0.3 is 10.2 Å². The van der Waals surface area contributed by atoms with Crippen LogP contribution in [-0.2, 0) is 15.0 Å². The maximum atomic E-state index is 14.4. The normalized spacial score (nSPS) is 24.5. The van der Waals surface area contributed by atoms with E-state index in [0.29, 0.717) is 18.7 Å². The van der Waals surface area contributed by atoms with E-state index in [1.807, 2.05) is 6.92 Å². The molecule has 2 atom stereocenters. The molecule has 2 aliphatic carbocycles. The number of hydrogen-bond donors (Lipinski definition) is 1. The molecule has 33 heavy (non-hydrogen) atoms. The van der Waals surface area contributed by atoms with Crippen LogP contribution < -0.4 is 5.32 Å². The Labute approximate surface area is 191 Å². The monoisotopic (exact) mass is 452 g/mol. The molecule has 2 amide bonds. The van der Waals surface area contributed by atoms with E-state index in [9.17, 15) is 18.4 Å². The third-order valence-electron chi connectivity index (χ3n) is 8.00. The summed E-state index contributed by atoms with van der Waals surface area (Å²) in [5.41, 5.74) is 1.60. The summed E-state index contributed by atoms with van der Waals surface area (Å²) < 4.78 is 28.8. The third-order valence-corrected chi connectivity index (χ3v) is 8.00. The van der Waals surface area contributed by atoms with Gasteiger partial charge in [-0.05, 0) is 54.9 Å². The Hall–Kier alpha value is -3.16. The summed E-state index contributed by atoms with van der Waals surface area (Å²) in [6.45, 7) is 7.22. The van der Waals surface area contributed by atoms with Crippen LogP contribution in [0, 0.1) is 17.0 Å². The Bertz CT molecular complexity index is 1190. The Morgan fingerprint density at radius 1 is 1.24 bits per heavy atom. The minimum atomic E-state index is -0.669. The fourth-order valence-electron chi connectivity index (χ4n) is 6.08. The van der Waals surface area contributed by atoms with Gasteiger partial charge in [0.1, 0.15) is 11.6 Å². The number of fused-ring (bicyclic) bond motifs is 5. The number of nitrogens with one attached hydrogen (secondary N) is 1. The standard InChI is InChI=1S/C25H26F2N4O2/c1-4-31(23(33)14-10-20(32)28-12-14)13-25-9-8-16(24(25,2)3)15-11-19(29-30-22(15)25)21-17(26)6-5-7-18(21)27/h5-7,11-12,16H,4,8-10,13H2,1-3H3,(H,28,32)/t16-,25-/m0/s1. The maximum Gasteiger partial charge on any atom is 0.251 e. The molecule has 1 saturated carbocycles. The smallest absolute Gasteiger partial charge is 0.251 e. The first-order valence-electron chi connectivity index (χ1n) is 11.3. The van der Waals surface area contributed by atoms with E-state index in [1.54, 1.807) is 11.0 Å². The van der Waals surface area contributed by atoms with Gasteiger partial charge in [0.2, 0.25) is 5.91 Å². The van der Waals surface area contributed by atoms with Crippen molar-refractivity contribution < 1.29 is 18.4 Å². The van der Waals surface area contributed by atoms with Gasteiger partial charge in [0.05, 0.1) is 23.4 Å². The molecule has 1 N–H and O–H groups in total. The average molecular weight is 453 g/mol. The minimum Gasteiger partial charge on any atom is -0.338 e. The van der Waals surface area contributed by atoms with Gasteiger partial charge in [0.25, 0.3) is 5.91 Å². The van der Waals surface area contributed by atoms with E-state index < -0.39 is 17.0 Å².